The molecule has 4 heteroatoms. The molecule has 0 unspecified atom stereocenters. The minimum absolute atomic E-state index is 0.0769. The van der Waals surface area contributed by atoms with Crippen molar-refractivity contribution in [1.29, 1.82) is 0 Å². The zero-order valence-electron chi connectivity index (χ0n) is 10.4. The molecular formula is C14H15ClN2O. The summed E-state index contributed by atoms with van der Waals surface area (Å²) >= 11 is 5.94. The number of hydrogen-bond acceptors (Lipinski definition) is 3. The molecule has 3 nitrogen and oxygen atoms in total. The second-order valence-corrected chi connectivity index (χ2v) is 4.66. The largest absolute Gasteiger partial charge is 0.455 e. The van der Waals surface area contributed by atoms with E-state index >= 15 is 0 Å². The maximum absolute atomic E-state index is 5.94. The van der Waals surface area contributed by atoms with E-state index < -0.39 is 0 Å². The molecule has 18 heavy (non-hydrogen) atoms. The van der Waals surface area contributed by atoms with Gasteiger partial charge in [0.15, 0.2) is 0 Å². The third-order valence-electron chi connectivity index (χ3n) is 2.60. The molecule has 0 spiro atoms. The topological polar surface area (TPSA) is 48.1 Å². The van der Waals surface area contributed by atoms with Gasteiger partial charge in [0, 0.05) is 11.1 Å². The highest BCUT2D eigenvalue weighted by atomic mass is 35.5. The maximum Gasteiger partial charge on any atom is 0.145 e. The predicted molar refractivity (Wildman–Crippen MR) is 73.1 cm³/mol. The maximum atomic E-state index is 5.94. The van der Waals surface area contributed by atoms with E-state index in [4.69, 9.17) is 22.1 Å². The van der Waals surface area contributed by atoms with Gasteiger partial charge in [0.05, 0.1) is 11.9 Å². The summed E-state index contributed by atoms with van der Waals surface area (Å²) in [6.07, 6.45) is 1.67. The Morgan fingerprint density at radius 2 is 2.06 bits per heavy atom. The van der Waals surface area contributed by atoms with Crippen LogP contribution in [-0.2, 0) is 0 Å². The number of nitrogens with two attached hydrogens (primary N) is 1. The molecule has 0 amide bonds. The first kappa shape index (κ1) is 12.9. The third kappa shape index (κ3) is 3.00. The van der Waals surface area contributed by atoms with Gasteiger partial charge >= 0.3 is 0 Å². The van der Waals surface area contributed by atoms with Crippen molar-refractivity contribution >= 4 is 11.6 Å². The number of nitrogens with zero attached hydrogens (tertiary/aromatic N) is 1. The Kier molecular flexibility index (Phi) is 3.84. The Labute approximate surface area is 112 Å². The van der Waals surface area contributed by atoms with Crippen LogP contribution in [0.2, 0.25) is 5.02 Å². The number of pyridine rings is 1. The van der Waals surface area contributed by atoms with Crippen LogP contribution in [0.3, 0.4) is 0 Å². The van der Waals surface area contributed by atoms with E-state index in [1.54, 1.807) is 12.3 Å². The van der Waals surface area contributed by atoms with Crippen molar-refractivity contribution in [3.63, 3.8) is 0 Å². The molecule has 0 saturated carbocycles. The number of aryl methyl sites for hydroxylation is 1. The van der Waals surface area contributed by atoms with Gasteiger partial charge in [-0.25, -0.2) is 0 Å². The molecule has 0 aliphatic carbocycles. The van der Waals surface area contributed by atoms with Crippen LogP contribution >= 0.6 is 11.6 Å². The summed E-state index contributed by atoms with van der Waals surface area (Å²) in [6, 6.07) is 9.18. The van der Waals surface area contributed by atoms with Gasteiger partial charge in [0.2, 0.25) is 0 Å². The molecule has 2 N–H and O–H groups in total. The lowest BCUT2D eigenvalue weighted by atomic mass is 10.2. The van der Waals surface area contributed by atoms with Crippen molar-refractivity contribution in [1.82, 2.24) is 4.98 Å². The summed E-state index contributed by atoms with van der Waals surface area (Å²) in [4.78, 5) is 4.24. The van der Waals surface area contributed by atoms with Gasteiger partial charge in [0.25, 0.3) is 0 Å². The SMILES string of the molecule is Cc1ccc(Cl)cc1Oc1ccc([C@H](C)N)nc1. The number of benzene rings is 1. The molecule has 0 fully saturated rings. The molecule has 1 aromatic heterocycles. The van der Waals surface area contributed by atoms with E-state index in [0.29, 0.717) is 10.8 Å². The van der Waals surface area contributed by atoms with E-state index in [1.165, 1.54) is 0 Å². The molecule has 0 saturated heterocycles. The van der Waals surface area contributed by atoms with Crippen LogP contribution in [0.25, 0.3) is 0 Å². The van der Waals surface area contributed by atoms with Crippen LogP contribution in [0.1, 0.15) is 24.2 Å². The van der Waals surface area contributed by atoms with Crippen molar-refractivity contribution in [3.05, 3.63) is 52.8 Å². The van der Waals surface area contributed by atoms with Gasteiger partial charge in [-0.2, -0.15) is 0 Å². The summed E-state index contributed by atoms with van der Waals surface area (Å²) in [7, 11) is 0. The van der Waals surface area contributed by atoms with Gasteiger partial charge < -0.3 is 10.5 Å². The average molecular weight is 263 g/mol. The highest BCUT2D eigenvalue weighted by Gasteiger charge is 2.05. The quantitative estimate of drug-likeness (QED) is 0.914. The van der Waals surface area contributed by atoms with E-state index in [-0.39, 0.29) is 6.04 Å². The third-order valence-corrected chi connectivity index (χ3v) is 2.84. The van der Waals surface area contributed by atoms with Crippen LogP contribution < -0.4 is 10.5 Å². The van der Waals surface area contributed by atoms with Crippen LogP contribution in [0.15, 0.2) is 36.5 Å². The molecule has 94 valence electrons. The molecule has 0 aliphatic heterocycles. The minimum atomic E-state index is -0.0769. The van der Waals surface area contributed by atoms with E-state index in [0.717, 1.165) is 17.0 Å². The molecule has 1 atom stereocenters. The fourth-order valence-corrected chi connectivity index (χ4v) is 1.69. The van der Waals surface area contributed by atoms with E-state index in [2.05, 4.69) is 4.98 Å². The van der Waals surface area contributed by atoms with Gasteiger partial charge in [-0.3, -0.25) is 4.98 Å². The second kappa shape index (κ2) is 5.38. The summed E-state index contributed by atoms with van der Waals surface area (Å²) < 4.78 is 5.74. The summed E-state index contributed by atoms with van der Waals surface area (Å²) in [5.41, 5.74) is 7.60. The monoisotopic (exact) mass is 262 g/mol. The van der Waals surface area contributed by atoms with Crippen molar-refractivity contribution in [2.24, 2.45) is 5.73 Å². The molecular weight excluding hydrogens is 248 g/mol. The van der Waals surface area contributed by atoms with Crippen LogP contribution in [0.4, 0.5) is 0 Å². The number of rotatable bonds is 3. The molecule has 0 radical (unpaired) electrons. The Balaban J connectivity index is 2.21. The normalized spacial score (nSPS) is 12.2. The van der Waals surface area contributed by atoms with E-state index in [1.807, 2.05) is 38.1 Å². The lowest BCUT2D eigenvalue weighted by Gasteiger charge is -2.10. The molecule has 2 rings (SSSR count). The van der Waals surface area contributed by atoms with Crippen molar-refractivity contribution in [2.45, 2.75) is 19.9 Å². The van der Waals surface area contributed by atoms with E-state index in [9.17, 15) is 0 Å². The number of hydrogen-bond donors (Lipinski definition) is 1. The Morgan fingerprint density at radius 1 is 1.28 bits per heavy atom. The zero-order chi connectivity index (χ0) is 13.1. The molecule has 2 aromatic rings. The summed E-state index contributed by atoms with van der Waals surface area (Å²) in [5.74, 6) is 1.41. The molecule has 0 aliphatic rings. The zero-order valence-corrected chi connectivity index (χ0v) is 11.1. The van der Waals surface area contributed by atoms with Crippen molar-refractivity contribution in [3.8, 4) is 11.5 Å². The lowest BCUT2D eigenvalue weighted by Crippen LogP contribution is -2.06. The van der Waals surface area contributed by atoms with Crippen LogP contribution in [0, 0.1) is 6.92 Å². The number of aromatic nitrogens is 1. The van der Waals surface area contributed by atoms with Crippen molar-refractivity contribution < 1.29 is 4.74 Å². The fraction of sp³-hybridized carbons (Fsp3) is 0.214. The van der Waals surface area contributed by atoms with Crippen LogP contribution in [-0.4, -0.2) is 4.98 Å². The smallest absolute Gasteiger partial charge is 0.145 e. The standard InChI is InChI=1S/C14H15ClN2O/c1-9-3-4-11(15)7-14(9)18-12-5-6-13(10(2)16)17-8-12/h3-8,10H,16H2,1-2H3/t10-/m0/s1. The first-order valence-corrected chi connectivity index (χ1v) is 6.09. The Morgan fingerprint density at radius 3 is 2.67 bits per heavy atom. The average Bonchev–Trinajstić information content (AvgIpc) is 2.34. The number of halogens is 1. The summed E-state index contributed by atoms with van der Waals surface area (Å²) in [5, 5.41) is 0.649. The highest BCUT2D eigenvalue weighted by molar-refractivity contribution is 6.30. The highest BCUT2D eigenvalue weighted by Crippen LogP contribution is 2.27. The van der Waals surface area contributed by atoms with Gasteiger partial charge in [-0.05, 0) is 43.7 Å². The Bertz CT molecular complexity index is 538. The Hall–Kier alpha value is -1.58. The predicted octanol–water partition coefficient (Wildman–Crippen LogP) is 3.86. The molecule has 1 heterocycles. The van der Waals surface area contributed by atoms with Gasteiger partial charge in [-0.15, -0.1) is 0 Å². The van der Waals surface area contributed by atoms with Gasteiger partial charge in [0.1, 0.15) is 11.5 Å². The first-order valence-electron chi connectivity index (χ1n) is 5.72. The fourth-order valence-electron chi connectivity index (χ4n) is 1.53. The van der Waals surface area contributed by atoms with Crippen molar-refractivity contribution in [2.75, 3.05) is 0 Å². The second-order valence-electron chi connectivity index (χ2n) is 4.22. The summed E-state index contributed by atoms with van der Waals surface area (Å²) in [6.45, 7) is 3.86. The number of ether oxygens (including phenoxy) is 1. The van der Waals surface area contributed by atoms with Gasteiger partial charge in [-0.1, -0.05) is 17.7 Å². The first-order chi connectivity index (χ1) is 8.56. The van der Waals surface area contributed by atoms with Crippen LogP contribution in [0.5, 0.6) is 11.5 Å². The minimum Gasteiger partial charge on any atom is -0.455 e. The lowest BCUT2D eigenvalue weighted by molar-refractivity contribution is 0.475. The molecule has 1 aromatic carbocycles. The molecule has 0 bridgehead atoms.